The minimum absolute atomic E-state index is 0.224. The lowest BCUT2D eigenvalue weighted by molar-refractivity contribution is 0.0703. The molecule has 0 aliphatic heterocycles. The lowest BCUT2D eigenvalue weighted by Gasteiger charge is -2.08. The smallest absolute Gasteiger partial charge is 0.348 e. The summed E-state index contributed by atoms with van der Waals surface area (Å²) >= 11 is 1.33. The fourth-order valence-corrected chi connectivity index (χ4v) is 2.89. The second kappa shape index (κ2) is 5.40. The van der Waals surface area contributed by atoms with E-state index >= 15 is 0 Å². The predicted molar refractivity (Wildman–Crippen MR) is 76.4 cm³/mol. The lowest BCUT2D eigenvalue weighted by atomic mass is 10.1. The third-order valence-electron chi connectivity index (χ3n) is 2.65. The van der Waals surface area contributed by atoms with Crippen LogP contribution >= 0.6 is 11.3 Å². The Bertz CT molecular complexity index is 512. The predicted octanol–water partition coefficient (Wildman–Crippen LogP) is 4.00. The number of nitrogens with one attached hydrogen (secondary N) is 1. The molecule has 0 unspecified atom stereocenters. The molecular weight excluding hydrogens is 246 g/mol. The van der Waals surface area contributed by atoms with Gasteiger partial charge in [0, 0.05) is 10.9 Å². The highest BCUT2D eigenvalue weighted by Crippen LogP contribution is 2.34. The Kier molecular flexibility index (Phi) is 3.87. The number of carboxylic acid groups (broad SMARTS) is 1. The minimum atomic E-state index is -0.866. The van der Waals surface area contributed by atoms with E-state index < -0.39 is 5.97 Å². The number of carbonyl (C=O) groups is 1. The number of hydrogen-bond acceptors (Lipinski definition) is 3. The van der Waals surface area contributed by atoms with Gasteiger partial charge in [0.2, 0.25) is 0 Å². The highest BCUT2D eigenvalue weighted by atomic mass is 32.1. The normalized spacial score (nSPS) is 14.7. The monoisotopic (exact) mass is 263 g/mol. The first-order valence-electron chi connectivity index (χ1n) is 6.08. The number of anilines is 1. The van der Waals surface area contributed by atoms with Gasteiger partial charge in [-0.25, -0.2) is 4.79 Å². The molecule has 4 heteroatoms. The molecule has 0 bridgehead atoms. The molecule has 1 aromatic heterocycles. The van der Waals surface area contributed by atoms with Gasteiger partial charge in [-0.05, 0) is 38.3 Å². The van der Waals surface area contributed by atoms with Crippen LogP contribution in [0.3, 0.4) is 0 Å². The van der Waals surface area contributed by atoms with Gasteiger partial charge < -0.3 is 10.4 Å². The third kappa shape index (κ3) is 2.82. The number of thiophene rings is 1. The maximum absolute atomic E-state index is 11.2. The van der Waals surface area contributed by atoms with Crippen molar-refractivity contribution in [2.45, 2.75) is 32.7 Å². The summed E-state index contributed by atoms with van der Waals surface area (Å²) in [4.78, 5) is 12.6. The van der Waals surface area contributed by atoms with Gasteiger partial charge in [-0.1, -0.05) is 18.2 Å². The molecule has 3 nitrogen and oxygen atoms in total. The summed E-state index contributed by atoms with van der Waals surface area (Å²) in [5, 5.41) is 12.4. The molecule has 1 aliphatic rings. The summed E-state index contributed by atoms with van der Waals surface area (Å²) in [6.07, 6.45) is 8.46. The number of hydrogen-bond donors (Lipinski definition) is 2. The molecule has 1 heterocycles. The molecule has 0 saturated heterocycles. The second-order valence-corrected chi connectivity index (χ2v) is 5.65. The van der Waals surface area contributed by atoms with Crippen LogP contribution in [0.5, 0.6) is 0 Å². The van der Waals surface area contributed by atoms with Crippen molar-refractivity contribution in [1.82, 2.24) is 0 Å². The zero-order chi connectivity index (χ0) is 13.1. The molecule has 1 aromatic rings. The van der Waals surface area contributed by atoms with Gasteiger partial charge in [0.15, 0.2) is 0 Å². The number of carboxylic acids is 1. The van der Waals surface area contributed by atoms with Crippen molar-refractivity contribution in [2.75, 3.05) is 5.32 Å². The first kappa shape index (κ1) is 12.9. The zero-order valence-electron chi connectivity index (χ0n) is 10.6. The van der Waals surface area contributed by atoms with Crippen molar-refractivity contribution < 1.29 is 9.90 Å². The van der Waals surface area contributed by atoms with Crippen LogP contribution < -0.4 is 5.32 Å². The molecule has 0 atom stereocenters. The van der Waals surface area contributed by atoms with Crippen molar-refractivity contribution in [2.24, 2.45) is 0 Å². The van der Waals surface area contributed by atoms with E-state index in [0.29, 0.717) is 4.88 Å². The Morgan fingerprint density at radius 3 is 2.78 bits per heavy atom. The largest absolute Gasteiger partial charge is 0.477 e. The van der Waals surface area contributed by atoms with E-state index in [1.54, 1.807) is 0 Å². The van der Waals surface area contributed by atoms with Gasteiger partial charge in [0.05, 0.1) is 5.69 Å². The van der Waals surface area contributed by atoms with Gasteiger partial charge in [0.1, 0.15) is 4.88 Å². The van der Waals surface area contributed by atoms with Crippen molar-refractivity contribution >= 4 is 28.6 Å². The third-order valence-corrected chi connectivity index (χ3v) is 3.82. The van der Waals surface area contributed by atoms with Crippen molar-refractivity contribution in [1.29, 1.82) is 0 Å². The van der Waals surface area contributed by atoms with Crippen molar-refractivity contribution in [3.8, 4) is 0 Å². The molecule has 0 aromatic carbocycles. The van der Waals surface area contributed by atoms with Crippen LogP contribution in [-0.4, -0.2) is 17.1 Å². The summed E-state index contributed by atoms with van der Waals surface area (Å²) in [7, 11) is 0. The van der Waals surface area contributed by atoms with Crippen molar-refractivity contribution in [3.05, 3.63) is 34.0 Å². The highest BCUT2D eigenvalue weighted by Gasteiger charge is 2.17. The van der Waals surface area contributed by atoms with Gasteiger partial charge in [-0.3, -0.25) is 0 Å². The first-order chi connectivity index (χ1) is 8.58. The molecule has 2 rings (SSSR count). The Hall–Kier alpha value is -1.55. The second-order valence-electron chi connectivity index (χ2n) is 4.60. The van der Waals surface area contributed by atoms with Gasteiger partial charge >= 0.3 is 5.97 Å². The van der Waals surface area contributed by atoms with E-state index in [4.69, 9.17) is 0 Å². The number of aromatic carboxylic acids is 1. The molecule has 0 saturated carbocycles. The van der Waals surface area contributed by atoms with Crippen LogP contribution in [0, 0.1) is 0 Å². The van der Waals surface area contributed by atoms with Crippen LogP contribution in [0.25, 0.3) is 5.57 Å². The fraction of sp³-hybridized carbons (Fsp3) is 0.357. The van der Waals surface area contributed by atoms with E-state index in [1.165, 1.54) is 11.3 Å². The standard InChI is InChI=1S/C14H17NO2S/c1-9(2)15-11-8-12(18-13(11)14(16)17)10-6-4-3-5-7-10/h4,6-9,15H,3,5H2,1-2H3,(H,16,17). The fourth-order valence-electron chi connectivity index (χ4n) is 1.91. The van der Waals surface area contributed by atoms with E-state index in [9.17, 15) is 9.90 Å². The average Bonchev–Trinajstić information content (AvgIpc) is 2.73. The summed E-state index contributed by atoms with van der Waals surface area (Å²) in [6, 6.07) is 2.16. The first-order valence-corrected chi connectivity index (χ1v) is 6.90. The van der Waals surface area contributed by atoms with Crippen LogP contribution in [-0.2, 0) is 0 Å². The Morgan fingerprint density at radius 2 is 2.22 bits per heavy atom. The molecule has 0 spiro atoms. The van der Waals surface area contributed by atoms with Crippen LogP contribution in [0.15, 0.2) is 24.3 Å². The molecular formula is C14H17NO2S. The summed E-state index contributed by atoms with van der Waals surface area (Å²) in [6.45, 7) is 4.01. The number of allylic oxidation sites excluding steroid dienone is 4. The molecule has 18 heavy (non-hydrogen) atoms. The quantitative estimate of drug-likeness (QED) is 0.863. The maximum atomic E-state index is 11.2. The molecule has 2 N–H and O–H groups in total. The van der Waals surface area contributed by atoms with Crippen LogP contribution in [0.4, 0.5) is 5.69 Å². The molecule has 96 valence electrons. The average molecular weight is 263 g/mol. The molecule has 0 radical (unpaired) electrons. The van der Waals surface area contributed by atoms with Crippen LogP contribution in [0.2, 0.25) is 0 Å². The van der Waals surface area contributed by atoms with Gasteiger partial charge in [-0.15, -0.1) is 11.3 Å². The van der Waals surface area contributed by atoms with Gasteiger partial charge in [-0.2, -0.15) is 0 Å². The topological polar surface area (TPSA) is 49.3 Å². The van der Waals surface area contributed by atoms with E-state index in [2.05, 4.69) is 23.5 Å². The molecule has 1 aliphatic carbocycles. The van der Waals surface area contributed by atoms with Gasteiger partial charge in [0.25, 0.3) is 0 Å². The van der Waals surface area contributed by atoms with E-state index in [0.717, 1.165) is 29.0 Å². The minimum Gasteiger partial charge on any atom is -0.477 e. The maximum Gasteiger partial charge on any atom is 0.348 e. The lowest BCUT2D eigenvalue weighted by Crippen LogP contribution is -2.11. The van der Waals surface area contributed by atoms with E-state index in [1.807, 2.05) is 19.9 Å². The summed E-state index contributed by atoms with van der Waals surface area (Å²) in [5.41, 5.74) is 1.85. The van der Waals surface area contributed by atoms with Crippen molar-refractivity contribution in [3.63, 3.8) is 0 Å². The van der Waals surface area contributed by atoms with E-state index in [-0.39, 0.29) is 6.04 Å². The molecule has 0 fully saturated rings. The van der Waals surface area contributed by atoms with Crippen LogP contribution in [0.1, 0.15) is 41.2 Å². The SMILES string of the molecule is CC(C)Nc1cc(C2=CCCC=C2)sc1C(=O)O. The summed E-state index contributed by atoms with van der Waals surface area (Å²) in [5.74, 6) is -0.866. The molecule has 0 amide bonds. The highest BCUT2D eigenvalue weighted by molar-refractivity contribution is 7.15. The summed E-state index contributed by atoms with van der Waals surface area (Å²) < 4.78 is 0. The Balaban J connectivity index is 2.35. The zero-order valence-corrected chi connectivity index (χ0v) is 11.4. The number of rotatable bonds is 4. The Morgan fingerprint density at radius 1 is 1.44 bits per heavy atom. The Labute approximate surface area is 111 Å².